The van der Waals surface area contributed by atoms with Gasteiger partial charge in [-0.25, -0.2) is 4.18 Å². The van der Waals surface area contributed by atoms with Gasteiger partial charge in [0, 0.05) is 32.6 Å². The van der Waals surface area contributed by atoms with Gasteiger partial charge in [0.2, 0.25) is 6.29 Å². The largest absolute Gasteiger partial charge is 0.465 e. The minimum Gasteiger partial charge on any atom is -0.465 e. The molecule has 24 heavy (non-hydrogen) atoms. The van der Waals surface area contributed by atoms with E-state index in [-0.39, 0.29) is 19.6 Å². The molecule has 0 rings (SSSR count). The van der Waals surface area contributed by atoms with E-state index in [2.05, 4.69) is 0 Å². The Hall–Kier alpha value is -1.68. The molecule has 0 aromatic rings. The molecule has 0 N–H and O–H groups in total. The Balaban J connectivity index is 5.40. The summed E-state index contributed by atoms with van der Waals surface area (Å²) < 4.78 is 42.3. The van der Waals surface area contributed by atoms with Gasteiger partial charge in [-0.3, -0.25) is 14.4 Å². The molecular formula is C14H24O9S. The standard InChI is InChI=1S/C14H24O9S/c1-6-14(8-20-10(2)15,9-21-11(3)16)7-13(22-12(4)17)23-24(5,18)19/h13H,6-9H2,1-5H3. The van der Waals surface area contributed by atoms with Crippen molar-refractivity contribution in [3.8, 4) is 0 Å². The first-order chi connectivity index (χ1) is 10.9. The Labute approximate surface area is 141 Å². The van der Waals surface area contributed by atoms with Crippen molar-refractivity contribution in [3.05, 3.63) is 0 Å². The molecule has 0 fully saturated rings. The van der Waals surface area contributed by atoms with Crippen molar-refractivity contribution in [1.82, 2.24) is 0 Å². The van der Waals surface area contributed by atoms with E-state index in [1.165, 1.54) is 13.8 Å². The molecule has 0 spiro atoms. The number of ether oxygens (including phenoxy) is 3. The molecule has 0 saturated heterocycles. The van der Waals surface area contributed by atoms with Crippen LogP contribution in [0.15, 0.2) is 0 Å². The van der Waals surface area contributed by atoms with Gasteiger partial charge < -0.3 is 14.2 Å². The normalized spacial score (nSPS) is 13.0. The van der Waals surface area contributed by atoms with Gasteiger partial charge in [0.1, 0.15) is 13.2 Å². The van der Waals surface area contributed by atoms with E-state index in [1.54, 1.807) is 6.92 Å². The van der Waals surface area contributed by atoms with E-state index < -0.39 is 39.7 Å². The summed E-state index contributed by atoms with van der Waals surface area (Å²) in [5.41, 5.74) is -0.970. The predicted octanol–water partition coefficient (Wildman–Crippen LogP) is 0.765. The summed E-state index contributed by atoms with van der Waals surface area (Å²) in [6.07, 6.45) is -0.409. The monoisotopic (exact) mass is 368 g/mol. The molecule has 0 bridgehead atoms. The van der Waals surface area contributed by atoms with Crippen LogP contribution in [0, 0.1) is 5.41 Å². The fourth-order valence-electron chi connectivity index (χ4n) is 1.85. The molecule has 0 aliphatic heterocycles. The number of carbonyl (C=O) groups excluding carboxylic acids is 3. The first-order valence-corrected chi connectivity index (χ1v) is 9.03. The molecule has 0 aliphatic carbocycles. The van der Waals surface area contributed by atoms with Crippen LogP contribution in [0.2, 0.25) is 0 Å². The Kier molecular flexibility index (Phi) is 8.91. The number of hydrogen-bond donors (Lipinski definition) is 0. The average molecular weight is 368 g/mol. The van der Waals surface area contributed by atoms with Crippen molar-refractivity contribution >= 4 is 28.0 Å². The quantitative estimate of drug-likeness (QED) is 0.238. The van der Waals surface area contributed by atoms with Crippen molar-refractivity contribution in [3.63, 3.8) is 0 Å². The maximum atomic E-state index is 11.3. The highest BCUT2D eigenvalue weighted by Crippen LogP contribution is 2.31. The van der Waals surface area contributed by atoms with Gasteiger partial charge in [-0.1, -0.05) is 6.92 Å². The molecule has 0 aromatic heterocycles. The minimum absolute atomic E-state index is 0.142. The molecular weight excluding hydrogens is 344 g/mol. The third-order valence-electron chi connectivity index (χ3n) is 3.09. The van der Waals surface area contributed by atoms with Crippen LogP contribution in [0.4, 0.5) is 0 Å². The van der Waals surface area contributed by atoms with Crippen molar-refractivity contribution in [2.24, 2.45) is 5.41 Å². The van der Waals surface area contributed by atoms with Gasteiger partial charge in [-0.15, -0.1) is 0 Å². The molecule has 1 atom stereocenters. The molecule has 0 aromatic carbocycles. The Morgan fingerprint density at radius 2 is 1.42 bits per heavy atom. The summed E-state index contributed by atoms with van der Waals surface area (Å²) in [5, 5.41) is 0. The number of esters is 3. The summed E-state index contributed by atoms with van der Waals surface area (Å²) in [6, 6.07) is 0. The molecule has 0 saturated carbocycles. The van der Waals surface area contributed by atoms with Gasteiger partial charge >= 0.3 is 17.9 Å². The molecule has 0 aliphatic rings. The van der Waals surface area contributed by atoms with Crippen molar-refractivity contribution in [1.29, 1.82) is 0 Å². The molecule has 140 valence electrons. The van der Waals surface area contributed by atoms with Crippen LogP contribution >= 0.6 is 0 Å². The fraction of sp³-hybridized carbons (Fsp3) is 0.786. The first-order valence-electron chi connectivity index (χ1n) is 7.21. The smallest absolute Gasteiger partial charge is 0.304 e. The Bertz CT molecular complexity index is 535. The molecule has 9 nitrogen and oxygen atoms in total. The van der Waals surface area contributed by atoms with Crippen LogP contribution in [-0.4, -0.2) is 52.1 Å². The average Bonchev–Trinajstić information content (AvgIpc) is 2.39. The van der Waals surface area contributed by atoms with Gasteiger partial charge in [-0.2, -0.15) is 8.42 Å². The topological polar surface area (TPSA) is 122 Å². The third-order valence-corrected chi connectivity index (χ3v) is 3.66. The molecule has 0 radical (unpaired) electrons. The van der Waals surface area contributed by atoms with E-state index >= 15 is 0 Å². The Morgan fingerprint density at radius 3 is 1.71 bits per heavy atom. The fourth-order valence-corrected chi connectivity index (χ4v) is 2.34. The highest BCUT2D eigenvalue weighted by Gasteiger charge is 2.37. The lowest BCUT2D eigenvalue weighted by atomic mass is 9.83. The van der Waals surface area contributed by atoms with Crippen LogP contribution in [0.25, 0.3) is 0 Å². The lowest BCUT2D eigenvalue weighted by Crippen LogP contribution is -2.39. The lowest BCUT2D eigenvalue weighted by molar-refractivity contribution is -0.173. The third kappa shape index (κ3) is 10.2. The van der Waals surface area contributed by atoms with Gasteiger partial charge in [0.25, 0.3) is 10.1 Å². The lowest BCUT2D eigenvalue weighted by Gasteiger charge is -2.33. The summed E-state index contributed by atoms with van der Waals surface area (Å²) in [6.45, 7) is 4.95. The highest BCUT2D eigenvalue weighted by molar-refractivity contribution is 7.86. The molecule has 0 heterocycles. The molecule has 1 unspecified atom stereocenters. The van der Waals surface area contributed by atoms with E-state index in [9.17, 15) is 22.8 Å². The van der Waals surface area contributed by atoms with Crippen LogP contribution in [0.3, 0.4) is 0 Å². The minimum atomic E-state index is -3.90. The van der Waals surface area contributed by atoms with Crippen LogP contribution in [0.1, 0.15) is 40.5 Å². The molecule has 0 amide bonds. The van der Waals surface area contributed by atoms with Crippen molar-refractivity contribution < 1.29 is 41.2 Å². The van der Waals surface area contributed by atoms with Crippen LogP contribution < -0.4 is 0 Å². The first kappa shape index (κ1) is 22.3. The predicted molar refractivity (Wildman–Crippen MR) is 82.1 cm³/mol. The zero-order valence-electron chi connectivity index (χ0n) is 14.5. The number of rotatable bonds is 10. The van der Waals surface area contributed by atoms with E-state index in [1.807, 2.05) is 0 Å². The van der Waals surface area contributed by atoms with E-state index in [0.29, 0.717) is 6.42 Å². The van der Waals surface area contributed by atoms with E-state index in [0.717, 1.165) is 13.2 Å². The number of hydrogen-bond acceptors (Lipinski definition) is 9. The van der Waals surface area contributed by atoms with Crippen LogP contribution in [-0.2, 0) is 42.9 Å². The van der Waals surface area contributed by atoms with E-state index in [4.69, 9.17) is 18.4 Å². The van der Waals surface area contributed by atoms with Crippen molar-refractivity contribution in [2.75, 3.05) is 19.5 Å². The zero-order valence-corrected chi connectivity index (χ0v) is 15.3. The second-order valence-electron chi connectivity index (χ2n) is 5.46. The summed E-state index contributed by atoms with van der Waals surface area (Å²) >= 11 is 0. The summed E-state index contributed by atoms with van der Waals surface area (Å²) in [4.78, 5) is 33.4. The van der Waals surface area contributed by atoms with Crippen LogP contribution in [0.5, 0.6) is 0 Å². The Morgan fingerprint density at radius 1 is 0.958 bits per heavy atom. The number of carbonyl (C=O) groups is 3. The summed E-state index contributed by atoms with van der Waals surface area (Å²) in [5.74, 6) is -1.85. The maximum absolute atomic E-state index is 11.3. The molecule has 10 heteroatoms. The second kappa shape index (κ2) is 9.58. The van der Waals surface area contributed by atoms with Crippen molar-refractivity contribution in [2.45, 2.75) is 46.8 Å². The highest BCUT2D eigenvalue weighted by atomic mass is 32.2. The van der Waals surface area contributed by atoms with Gasteiger partial charge in [0.05, 0.1) is 6.26 Å². The zero-order chi connectivity index (χ0) is 19.0. The second-order valence-corrected chi connectivity index (χ2v) is 7.06. The SMILES string of the molecule is CCC(COC(C)=O)(COC(C)=O)CC(OC(C)=O)OS(C)(=O)=O. The summed E-state index contributed by atoms with van der Waals surface area (Å²) in [7, 11) is -3.90. The van der Waals surface area contributed by atoms with Gasteiger partial charge in [0.15, 0.2) is 0 Å². The maximum Gasteiger partial charge on any atom is 0.304 e. The van der Waals surface area contributed by atoms with Gasteiger partial charge in [-0.05, 0) is 6.42 Å².